The number of pyridine rings is 1. The van der Waals surface area contributed by atoms with E-state index in [4.69, 9.17) is 0 Å². The van der Waals surface area contributed by atoms with Gasteiger partial charge in [-0.2, -0.15) is 40.8 Å². The molecule has 4 unspecified atom stereocenters. The van der Waals surface area contributed by atoms with E-state index in [0.717, 1.165) is 238 Å². The number of nitrogens with zero attached hydrogens (tertiary/aromatic N) is 17. The lowest BCUT2D eigenvalue weighted by Gasteiger charge is -2.22. The molecule has 13 heterocycles. The van der Waals surface area contributed by atoms with Crippen molar-refractivity contribution in [1.29, 1.82) is 0 Å². The molecule has 0 aliphatic carbocycles. The highest BCUT2D eigenvalue weighted by Crippen LogP contribution is 2.33. The van der Waals surface area contributed by atoms with Crippen LogP contribution in [0.15, 0.2) is 202 Å². The zero-order chi connectivity index (χ0) is 79.7. The van der Waals surface area contributed by atoms with Crippen molar-refractivity contribution in [2.45, 2.75) is 144 Å². The highest BCUT2D eigenvalue weighted by atomic mass is 16.2. The second-order valence-electron chi connectivity index (χ2n) is 32.5. The third-order valence-electron chi connectivity index (χ3n) is 23.5. The van der Waals surface area contributed by atoms with Gasteiger partial charge >= 0.3 is 0 Å². The number of nitrogens with one attached hydrogen (secondary N) is 4. The molecule has 14 aromatic rings. The predicted molar refractivity (Wildman–Crippen MR) is 453 cm³/mol. The Labute approximate surface area is 676 Å². The molecule has 0 bridgehead atoms. The Morgan fingerprint density at radius 2 is 0.724 bits per heavy atom. The Balaban J connectivity index is 0.000000122. The number of carbonyl (C=O) groups is 4. The molecule has 4 saturated heterocycles. The van der Waals surface area contributed by atoms with Crippen molar-refractivity contribution in [2.24, 2.45) is 35.5 Å². The van der Waals surface area contributed by atoms with Crippen molar-refractivity contribution < 1.29 is 19.2 Å². The maximum atomic E-state index is 12.7. The van der Waals surface area contributed by atoms with E-state index >= 15 is 0 Å². The summed E-state index contributed by atoms with van der Waals surface area (Å²) in [7, 11) is 0. The van der Waals surface area contributed by atoms with Crippen LogP contribution in [0.25, 0.3) is 88.1 Å². The van der Waals surface area contributed by atoms with Gasteiger partial charge in [-0.15, -0.1) is 0 Å². The number of amides is 4. The molecule has 25 nitrogen and oxygen atoms in total. The first-order valence-corrected chi connectivity index (χ1v) is 41.6. The molecule has 4 amide bonds. The SMILES string of the molecule is CC(C)C(=O)N1CCCC(Cn2ncc3cc(-c4cn[nH]c4)ccc32)CC1.CC(C)CC(=O)N1CCCC(Cn2ncc3cc(-c4cn[nH]c4)ccc32)CC1.O=C(Cc1ccccc1)N1CCCC(Cn2ncc3cc(-c4cn[nH]c4)ccc32)CC1.O=C(c1ccccn1)N1CCCC(Cn2ncc3cc(-c4cn[nH]c4)ccc32)CC1. The molecule has 4 aliphatic rings. The summed E-state index contributed by atoms with van der Waals surface area (Å²) >= 11 is 0. The standard InChI is InChI=1S/C25H27N5O.C23H24N6O.C22H29N5O.C21H27N5O/c31-25(13-19-5-2-1-3-6-19)29-11-4-7-20(10-12-29)18-30-24-9-8-21(14-22(24)17-28-30)23-15-26-27-16-23;30-23(21-5-1-2-9-24-21)28-10-3-4-17(8-11-28)16-29-22-7-6-18(12-19(22)15-27-29)20-13-25-26-14-20;1-16(2)10-22(28)26-8-3-4-17(7-9-26)15-27-21-6-5-18(11-19(21)14-25-27)20-12-23-24-13-20;1-15(2)21(27)25-8-3-4-16(7-9-25)14-26-20-6-5-17(10-18(20)13-24-26)19-11-22-23-12-19/h1-3,5-6,8-9,14-17,20H,4,7,10-13,18H2,(H,26,27);1-2,5-7,9,12-15,17H,3-4,8,10-11,16H2,(H,25,26);5-6,11-14,16-17H,3-4,7-10,15H2,1-2H3,(H,23,24);5-6,10-13,15-16H,3-4,7-9,14H2,1-2H3,(H,22,23). The Morgan fingerprint density at radius 3 is 1.08 bits per heavy atom. The minimum absolute atomic E-state index is 0.0348. The highest BCUT2D eigenvalue weighted by Gasteiger charge is 2.28. The van der Waals surface area contributed by atoms with Gasteiger partial charge in [0.05, 0.1) is 78.1 Å². The molecular formula is C91H107N21O4. The monoisotopic (exact) mass is 1560 g/mol. The van der Waals surface area contributed by atoms with Crippen molar-refractivity contribution in [3.8, 4) is 44.5 Å². The van der Waals surface area contributed by atoms with Gasteiger partial charge in [-0.25, -0.2) is 0 Å². The number of rotatable bonds is 18. The van der Waals surface area contributed by atoms with Gasteiger partial charge in [-0.05, 0) is 195 Å². The molecule has 18 rings (SSSR count). The van der Waals surface area contributed by atoms with Crippen LogP contribution in [0.1, 0.15) is 127 Å². The maximum Gasteiger partial charge on any atom is 0.272 e. The van der Waals surface area contributed by atoms with E-state index in [-0.39, 0.29) is 23.6 Å². The van der Waals surface area contributed by atoms with Crippen molar-refractivity contribution in [2.75, 3.05) is 52.4 Å². The van der Waals surface area contributed by atoms with Crippen LogP contribution in [0.4, 0.5) is 0 Å². The third-order valence-corrected chi connectivity index (χ3v) is 23.5. The molecule has 4 fully saturated rings. The largest absolute Gasteiger partial charge is 0.343 e. The number of hydrogen-bond acceptors (Lipinski definition) is 13. The Kier molecular flexibility index (Phi) is 25.8. The maximum absolute atomic E-state index is 12.7. The number of carbonyl (C=O) groups excluding carboxylic acids is 4. The number of hydrogen-bond donors (Lipinski definition) is 4. The van der Waals surface area contributed by atoms with Crippen LogP contribution in [0, 0.1) is 35.5 Å². The van der Waals surface area contributed by atoms with E-state index in [1.54, 1.807) is 12.3 Å². The predicted octanol–water partition coefficient (Wildman–Crippen LogP) is 15.9. The lowest BCUT2D eigenvalue weighted by Crippen LogP contribution is -2.35. The van der Waals surface area contributed by atoms with Gasteiger partial charge in [-0.3, -0.25) is 63.3 Å². The lowest BCUT2D eigenvalue weighted by atomic mass is 10.0. The fourth-order valence-electron chi connectivity index (χ4n) is 17.0. The number of aromatic amines is 4. The van der Waals surface area contributed by atoms with Crippen LogP contribution >= 0.6 is 0 Å². The van der Waals surface area contributed by atoms with Crippen molar-refractivity contribution >= 4 is 67.2 Å². The molecule has 116 heavy (non-hydrogen) atoms. The summed E-state index contributed by atoms with van der Waals surface area (Å²) in [5, 5.41) is 50.8. The Bertz CT molecular complexity index is 5470. The molecule has 9 aromatic heterocycles. The molecule has 25 heteroatoms. The lowest BCUT2D eigenvalue weighted by molar-refractivity contribution is -0.134. The Hall–Kier alpha value is -12.2. The summed E-state index contributed by atoms with van der Waals surface area (Å²) in [4.78, 5) is 62.5. The zero-order valence-corrected chi connectivity index (χ0v) is 67.1. The molecule has 600 valence electrons. The normalized spacial score (nSPS) is 17.6. The van der Waals surface area contributed by atoms with Gasteiger partial charge in [0, 0.05) is 166 Å². The average Bonchev–Trinajstić information content (AvgIpc) is 1.67. The second-order valence-corrected chi connectivity index (χ2v) is 32.5. The Morgan fingerprint density at radius 1 is 0.371 bits per heavy atom. The molecule has 4 atom stereocenters. The molecular weight excluding hydrogens is 1450 g/mol. The van der Waals surface area contributed by atoms with Crippen LogP contribution in [-0.2, 0) is 47.0 Å². The summed E-state index contributed by atoms with van der Waals surface area (Å²) in [5.74, 6) is 3.54. The third kappa shape index (κ3) is 20.0. The average molecular weight is 1560 g/mol. The number of fused-ring (bicyclic) bond motifs is 4. The molecule has 4 N–H and O–H groups in total. The van der Waals surface area contributed by atoms with Gasteiger partial charge in [0.25, 0.3) is 5.91 Å². The van der Waals surface area contributed by atoms with Crippen molar-refractivity contribution in [3.05, 3.63) is 213 Å². The number of aromatic nitrogens is 17. The van der Waals surface area contributed by atoms with Crippen LogP contribution in [-0.4, -0.2) is 180 Å². The van der Waals surface area contributed by atoms with E-state index in [9.17, 15) is 19.2 Å². The van der Waals surface area contributed by atoms with Crippen molar-refractivity contribution in [1.82, 2.24) is 104 Å². The summed E-state index contributed by atoms with van der Waals surface area (Å²) < 4.78 is 8.49. The fraction of sp³-hybridized carbons (Fsp3) is 0.396. The van der Waals surface area contributed by atoms with Gasteiger partial charge < -0.3 is 19.6 Å². The van der Waals surface area contributed by atoms with E-state index in [1.165, 1.54) is 11.0 Å². The summed E-state index contributed by atoms with van der Waals surface area (Å²) in [6.45, 7) is 18.6. The van der Waals surface area contributed by atoms with Gasteiger partial charge in [-0.1, -0.05) is 88.4 Å². The molecule has 0 spiro atoms. The highest BCUT2D eigenvalue weighted by molar-refractivity contribution is 5.92. The van der Waals surface area contributed by atoms with Gasteiger partial charge in [0.1, 0.15) is 5.69 Å². The van der Waals surface area contributed by atoms with Crippen LogP contribution < -0.4 is 0 Å². The topological polar surface area (TPSA) is 280 Å². The smallest absolute Gasteiger partial charge is 0.272 e. The van der Waals surface area contributed by atoms with Crippen molar-refractivity contribution in [3.63, 3.8) is 0 Å². The number of benzene rings is 5. The summed E-state index contributed by atoms with van der Waals surface area (Å²) in [6.07, 6.45) is 38.4. The molecule has 0 radical (unpaired) electrons. The number of H-pyrrole nitrogens is 4. The summed E-state index contributed by atoms with van der Waals surface area (Å²) in [5.41, 5.74) is 15.2. The quantitative estimate of drug-likeness (QED) is 0.0622. The van der Waals surface area contributed by atoms with Crippen LogP contribution in [0.3, 0.4) is 0 Å². The van der Waals surface area contributed by atoms with E-state index in [1.807, 2.05) is 145 Å². The van der Waals surface area contributed by atoms with E-state index < -0.39 is 0 Å². The first-order chi connectivity index (χ1) is 56.7. The first kappa shape index (κ1) is 79.1. The minimum atomic E-state index is 0.0348. The summed E-state index contributed by atoms with van der Waals surface area (Å²) in [6, 6.07) is 41.3. The minimum Gasteiger partial charge on any atom is -0.343 e. The zero-order valence-electron chi connectivity index (χ0n) is 67.1. The second kappa shape index (κ2) is 37.9. The van der Waals surface area contributed by atoms with Gasteiger partial charge in [0.15, 0.2) is 0 Å². The molecule has 0 saturated carbocycles. The first-order valence-electron chi connectivity index (χ1n) is 41.6. The fourth-order valence-corrected chi connectivity index (χ4v) is 17.0. The van der Waals surface area contributed by atoms with E-state index in [0.29, 0.717) is 54.0 Å². The van der Waals surface area contributed by atoms with E-state index in [2.05, 4.69) is 176 Å². The molecule has 5 aromatic carbocycles. The van der Waals surface area contributed by atoms with Crippen LogP contribution in [0.5, 0.6) is 0 Å². The van der Waals surface area contributed by atoms with Crippen LogP contribution in [0.2, 0.25) is 0 Å². The van der Waals surface area contributed by atoms with Gasteiger partial charge in [0.2, 0.25) is 17.7 Å². The molecule has 4 aliphatic heterocycles. The number of likely N-dealkylation sites (tertiary alicyclic amines) is 4.